The summed E-state index contributed by atoms with van der Waals surface area (Å²) in [6.45, 7) is 12.3. The van der Waals surface area contributed by atoms with Gasteiger partial charge in [0.2, 0.25) is 0 Å². The summed E-state index contributed by atoms with van der Waals surface area (Å²) < 4.78 is 46.6. The van der Waals surface area contributed by atoms with Gasteiger partial charge >= 0.3 is 12.3 Å². The summed E-state index contributed by atoms with van der Waals surface area (Å²) in [6.07, 6.45) is -1.59. The van der Waals surface area contributed by atoms with Gasteiger partial charge in [0.15, 0.2) is 0 Å². The minimum absolute atomic E-state index is 0.123. The average Bonchev–Trinajstić information content (AvgIpc) is 3.24. The maximum Gasteiger partial charge on any atom is 0.416 e. The number of alkyl halides is 3. The Morgan fingerprint density at radius 1 is 1.11 bits per heavy atom. The van der Waals surface area contributed by atoms with Crippen molar-refractivity contribution in [3.8, 4) is 0 Å². The predicted octanol–water partition coefficient (Wildman–Crippen LogP) is 7.32. The summed E-state index contributed by atoms with van der Waals surface area (Å²) in [7, 11) is 0. The summed E-state index contributed by atoms with van der Waals surface area (Å²) in [4.78, 5) is 30.3. The number of thiophene rings is 1. The van der Waals surface area contributed by atoms with E-state index in [-0.39, 0.29) is 5.69 Å². The highest BCUT2D eigenvalue weighted by molar-refractivity contribution is 7.10. The number of carbonyl (C=O) groups excluding carboxylic acids is 2. The van der Waals surface area contributed by atoms with E-state index in [0.29, 0.717) is 37.2 Å². The van der Waals surface area contributed by atoms with Crippen molar-refractivity contribution in [2.45, 2.75) is 85.2 Å². The van der Waals surface area contributed by atoms with Gasteiger partial charge < -0.3 is 15.0 Å². The standard InChI is InChI=1S/C28H38F3N3O3S/c1-6-8-11-33(10-7-2)16-19-13-20(28(29,30)31)15-21(14-19)32-25(35)23-18-38-24-17-34(12-9-22(23)24)26(36)37-27(3,4)5/h13-15,18H,6-12,16-17H2,1-5H3,(H,32,35). The lowest BCUT2D eigenvalue weighted by atomic mass is 10.0. The molecule has 1 N–H and O–H groups in total. The molecule has 1 aliphatic heterocycles. The fourth-order valence-electron chi connectivity index (χ4n) is 4.44. The highest BCUT2D eigenvalue weighted by atomic mass is 32.1. The van der Waals surface area contributed by atoms with Gasteiger partial charge in [0.05, 0.1) is 17.7 Å². The molecule has 0 atom stereocenters. The molecule has 3 rings (SSSR count). The molecule has 1 aliphatic rings. The number of nitrogens with one attached hydrogen (secondary N) is 1. The summed E-state index contributed by atoms with van der Waals surface area (Å²) in [5.74, 6) is -0.449. The zero-order valence-corrected chi connectivity index (χ0v) is 23.7. The van der Waals surface area contributed by atoms with Crippen LogP contribution in [0.4, 0.5) is 23.7 Å². The van der Waals surface area contributed by atoms with Gasteiger partial charge in [-0.1, -0.05) is 20.3 Å². The third kappa shape index (κ3) is 8.20. The van der Waals surface area contributed by atoms with Gasteiger partial charge in [-0.05, 0) is 82.4 Å². The molecule has 0 bridgehead atoms. The van der Waals surface area contributed by atoms with Gasteiger partial charge in [0.1, 0.15) is 5.60 Å². The molecule has 210 valence electrons. The smallest absolute Gasteiger partial charge is 0.416 e. The molecule has 38 heavy (non-hydrogen) atoms. The monoisotopic (exact) mass is 553 g/mol. The van der Waals surface area contributed by atoms with Gasteiger partial charge in [0, 0.05) is 29.0 Å². The third-order valence-electron chi connectivity index (χ3n) is 6.20. The summed E-state index contributed by atoms with van der Waals surface area (Å²) in [5.41, 5.74) is 0.512. The van der Waals surface area contributed by atoms with E-state index in [9.17, 15) is 22.8 Å². The van der Waals surface area contributed by atoms with E-state index in [4.69, 9.17) is 4.74 Å². The molecular formula is C28H38F3N3O3S. The second-order valence-electron chi connectivity index (χ2n) is 10.7. The van der Waals surface area contributed by atoms with Crippen LogP contribution in [0.25, 0.3) is 0 Å². The normalized spacial score (nSPS) is 14.0. The number of hydrogen-bond acceptors (Lipinski definition) is 5. The van der Waals surface area contributed by atoms with Crippen LogP contribution in [0.1, 0.15) is 85.8 Å². The van der Waals surface area contributed by atoms with Crippen molar-refractivity contribution in [1.82, 2.24) is 9.80 Å². The largest absolute Gasteiger partial charge is 0.444 e. The summed E-state index contributed by atoms with van der Waals surface area (Å²) >= 11 is 1.37. The highest BCUT2D eigenvalue weighted by Gasteiger charge is 2.32. The van der Waals surface area contributed by atoms with E-state index < -0.39 is 29.3 Å². The lowest BCUT2D eigenvalue weighted by Crippen LogP contribution is -2.39. The van der Waals surface area contributed by atoms with Crippen molar-refractivity contribution in [1.29, 1.82) is 0 Å². The Balaban J connectivity index is 1.79. The highest BCUT2D eigenvalue weighted by Crippen LogP contribution is 2.34. The van der Waals surface area contributed by atoms with Crippen LogP contribution in [-0.2, 0) is 30.4 Å². The van der Waals surface area contributed by atoms with Gasteiger partial charge in [-0.2, -0.15) is 13.2 Å². The first-order valence-corrected chi connectivity index (χ1v) is 14.0. The Labute approximate surface area is 227 Å². The van der Waals surface area contributed by atoms with Gasteiger partial charge in [0.25, 0.3) is 5.91 Å². The second-order valence-corrected chi connectivity index (χ2v) is 11.7. The molecule has 2 aromatic rings. The van der Waals surface area contributed by atoms with Crippen LogP contribution in [0.3, 0.4) is 0 Å². The molecule has 0 unspecified atom stereocenters. The number of nitrogens with zero attached hydrogens (tertiary/aromatic N) is 2. The minimum atomic E-state index is -4.53. The number of ether oxygens (including phenoxy) is 1. The predicted molar refractivity (Wildman–Crippen MR) is 145 cm³/mol. The molecule has 1 aromatic carbocycles. The number of rotatable bonds is 9. The number of hydrogen-bond donors (Lipinski definition) is 1. The zero-order valence-electron chi connectivity index (χ0n) is 22.8. The first-order chi connectivity index (χ1) is 17.8. The molecule has 2 heterocycles. The van der Waals surface area contributed by atoms with Gasteiger partial charge in [-0.25, -0.2) is 4.79 Å². The Hall–Kier alpha value is -2.59. The molecule has 0 fully saturated rings. The quantitative estimate of drug-likeness (QED) is 0.353. The van der Waals surface area contributed by atoms with Crippen LogP contribution >= 0.6 is 11.3 Å². The maximum atomic E-state index is 13.7. The lowest BCUT2D eigenvalue weighted by molar-refractivity contribution is -0.137. The van der Waals surface area contributed by atoms with E-state index >= 15 is 0 Å². The molecule has 0 saturated carbocycles. The van der Waals surface area contributed by atoms with Crippen molar-refractivity contribution >= 4 is 29.0 Å². The third-order valence-corrected chi connectivity index (χ3v) is 7.21. The van der Waals surface area contributed by atoms with Crippen molar-refractivity contribution in [2.75, 3.05) is 25.0 Å². The van der Waals surface area contributed by atoms with Crippen molar-refractivity contribution < 1.29 is 27.5 Å². The summed E-state index contributed by atoms with van der Waals surface area (Å²) in [6, 6.07) is 3.79. The molecule has 10 heteroatoms. The van der Waals surface area contributed by atoms with E-state index in [1.54, 1.807) is 37.1 Å². The minimum Gasteiger partial charge on any atom is -0.444 e. The first kappa shape index (κ1) is 30.0. The van der Waals surface area contributed by atoms with Crippen LogP contribution in [0.2, 0.25) is 0 Å². The SMILES string of the molecule is CCCCN(CCC)Cc1cc(NC(=O)c2csc3c2CCN(C(=O)OC(C)(C)C)C3)cc(C(F)(F)F)c1. The Kier molecular flexibility index (Phi) is 9.86. The average molecular weight is 554 g/mol. The van der Waals surface area contributed by atoms with E-state index in [1.165, 1.54) is 17.4 Å². The molecule has 0 spiro atoms. The fourth-order valence-corrected chi connectivity index (χ4v) is 5.54. The zero-order chi connectivity index (χ0) is 28.1. The van der Waals surface area contributed by atoms with Crippen LogP contribution in [0, 0.1) is 0 Å². The molecular weight excluding hydrogens is 515 g/mol. The van der Waals surface area contributed by atoms with Crippen molar-refractivity contribution in [3.05, 3.63) is 50.7 Å². The van der Waals surface area contributed by atoms with E-state index in [1.807, 2.05) is 6.92 Å². The lowest BCUT2D eigenvalue weighted by Gasteiger charge is -2.30. The van der Waals surface area contributed by atoms with Crippen LogP contribution in [0.5, 0.6) is 0 Å². The van der Waals surface area contributed by atoms with Crippen molar-refractivity contribution in [3.63, 3.8) is 0 Å². The number of halogens is 3. The number of benzene rings is 1. The van der Waals surface area contributed by atoms with Crippen LogP contribution < -0.4 is 5.32 Å². The topological polar surface area (TPSA) is 61.9 Å². The number of carbonyl (C=O) groups is 2. The number of unbranched alkanes of at least 4 members (excludes halogenated alkanes) is 1. The van der Waals surface area contributed by atoms with E-state index in [2.05, 4.69) is 17.1 Å². The first-order valence-electron chi connectivity index (χ1n) is 13.1. The van der Waals surface area contributed by atoms with E-state index in [0.717, 1.165) is 48.9 Å². The van der Waals surface area contributed by atoms with Crippen LogP contribution in [0.15, 0.2) is 23.6 Å². The Morgan fingerprint density at radius 2 is 1.84 bits per heavy atom. The van der Waals surface area contributed by atoms with Crippen molar-refractivity contribution in [2.24, 2.45) is 0 Å². The second kappa shape index (κ2) is 12.5. The maximum absolute atomic E-state index is 13.7. The number of amides is 2. The Bertz CT molecular complexity index is 1120. The number of anilines is 1. The molecule has 1 aromatic heterocycles. The molecule has 6 nitrogen and oxygen atoms in total. The molecule has 0 radical (unpaired) electrons. The van der Waals surface area contributed by atoms with Crippen LogP contribution in [-0.4, -0.2) is 47.0 Å². The molecule has 0 aliphatic carbocycles. The molecule has 2 amide bonds. The summed E-state index contributed by atoms with van der Waals surface area (Å²) in [5, 5.41) is 4.41. The number of fused-ring (bicyclic) bond motifs is 1. The Morgan fingerprint density at radius 3 is 2.47 bits per heavy atom. The van der Waals surface area contributed by atoms with Gasteiger partial charge in [-0.3, -0.25) is 9.69 Å². The molecule has 0 saturated heterocycles. The fraction of sp³-hybridized carbons (Fsp3) is 0.571. The van der Waals surface area contributed by atoms with Gasteiger partial charge in [-0.15, -0.1) is 11.3 Å².